The Hall–Kier alpha value is -1.45. The van der Waals surface area contributed by atoms with Crippen LogP contribution in [-0.4, -0.2) is 22.4 Å². The molecule has 4 heteroatoms. The molecule has 0 aliphatic carbocycles. The van der Waals surface area contributed by atoms with Crippen LogP contribution in [0.5, 0.6) is 0 Å². The molecule has 2 heterocycles. The number of hydrogen-bond acceptors (Lipinski definition) is 3. The Labute approximate surface area is 89.1 Å². The van der Waals surface area contributed by atoms with Crippen LogP contribution in [0.1, 0.15) is 42.6 Å². The van der Waals surface area contributed by atoms with Crippen molar-refractivity contribution in [3.63, 3.8) is 0 Å². The van der Waals surface area contributed by atoms with Gasteiger partial charge in [0.2, 0.25) is 0 Å². The first-order valence-corrected chi connectivity index (χ1v) is 5.13. The predicted molar refractivity (Wildman–Crippen MR) is 56.8 cm³/mol. The normalized spacial score (nSPS) is 15.8. The van der Waals surface area contributed by atoms with Crippen LogP contribution in [-0.2, 0) is 11.8 Å². The van der Waals surface area contributed by atoms with Gasteiger partial charge in [-0.25, -0.2) is 9.97 Å². The summed E-state index contributed by atoms with van der Waals surface area (Å²) in [5.41, 5.74) is 1.43. The number of carbonyl (C=O) groups is 1. The van der Waals surface area contributed by atoms with Gasteiger partial charge in [-0.2, -0.15) is 0 Å². The first kappa shape index (κ1) is 10.1. The maximum atomic E-state index is 11.5. The van der Waals surface area contributed by atoms with E-state index >= 15 is 0 Å². The monoisotopic (exact) mass is 205 g/mol. The van der Waals surface area contributed by atoms with Crippen molar-refractivity contribution >= 4 is 5.91 Å². The van der Waals surface area contributed by atoms with Gasteiger partial charge in [-0.1, -0.05) is 20.8 Å². The van der Waals surface area contributed by atoms with Crippen molar-refractivity contribution in [3.8, 4) is 0 Å². The Morgan fingerprint density at radius 1 is 1.40 bits per heavy atom. The topological polar surface area (TPSA) is 54.9 Å². The molecule has 2 rings (SSSR count). The summed E-state index contributed by atoms with van der Waals surface area (Å²) in [6.07, 6.45) is 2.43. The summed E-state index contributed by atoms with van der Waals surface area (Å²) in [5, 5.41) is 2.78. The Morgan fingerprint density at radius 2 is 2.13 bits per heavy atom. The highest BCUT2D eigenvalue weighted by Crippen LogP contribution is 2.20. The smallest absolute Gasteiger partial charge is 0.254 e. The number of fused-ring (bicyclic) bond motifs is 1. The zero-order chi connectivity index (χ0) is 11.1. The third-order valence-electron chi connectivity index (χ3n) is 2.43. The first-order valence-electron chi connectivity index (χ1n) is 5.13. The molecule has 80 valence electrons. The molecule has 4 nitrogen and oxygen atoms in total. The summed E-state index contributed by atoms with van der Waals surface area (Å²) in [4.78, 5) is 20.2. The van der Waals surface area contributed by atoms with E-state index in [0.717, 1.165) is 17.9 Å². The molecule has 1 aliphatic rings. The molecule has 1 aromatic heterocycles. The summed E-state index contributed by atoms with van der Waals surface area (Å²) in [7, 11) is 0. The minimum Gasteiger partial charge on any atom is -0.352 e. The molecule has 0 radical (unpaired) electrons. The number of hydrogen-bond donors (Lipinski definition) is 1. The van der Waals surface area contributed by atoms with Crippen molar-refractivity contribution < 1.29 is 4.79 Å². The lowest BCUT2D eigenvalue weighted by Crippen LogP contribution is -2.33. The van der Waals surface area contributed by atoms with Gasteiger partial charge in [0.25, 0.3) is 5.91 Å². The number of aromatic nitrogens is 2. The fourth-order valence-electron chi connectivity index (χ4n) is 1.55. The molecule has 1 aromatic rings. The van der Waals surface area contributed by atoms with Gasteiger partial charge in [-0.3, -0.25) is 4.79 Å². The van der Waals surface area contributed by atoms with Crippen LogP contribution in [0, 0.1) is 0 Å². The van der Waals surface area contributed by atoms with Gasteiger partial charge in [0.15, 0.2) is 0 Å². The third-order valence-corrected chi connectivity index (χ3v) is 2.43. The quantitative estimate of drug-likeness (QED) is 0.689. The molecule has 0 saturated carbocycles. The molecule has 1 amide bonds. The molecule has 15 heavy (non-hydrogen) atoms. The number of carbonyl (C=O) groups excluding carboxylic acids is 1. The van der Waals surface area contributed by atoms with Crippen LogP contribution in [0.25, 0.3) is 0 Å². The second-order valence-electron chi connectivity index (χ2n) is 4.81. The van der Waals surface area contributed by atoms with Gasteiger partial charge in [-0.05, 0) is 0 Å². The fourth-order valence-corrected chi connectivity index (χ4v) is 1.55. The molecule has 0 bridgehead atoms. The fraction of sp³-hybridized carbons (Fsp3) is 0.545. The van der Waals surface area contributed by atoms with Crippen LogP contribution >= 0.6 is 0 Å². The molecular weight excluding hydrogens is 190 g/mol. The zero-order valence-corrected chi connectivity index (χ0v) is 9.29. The van der Waals surface area contributed by atoms with Gasteiger partial charge < -0.3 is 5.32 Å². The molecule has 0 unspecified atom stereocenters. The SMILES string of the molecule is CC(C)(C)c1ncc2c(n1)CCNC2=O. The van der Waals surface area contributed by atoms with E-state index in [0.29, 0.717) is 12.1 Å². The molecule has 0 spiro atoms. The van der Waals surface area contributed by atoms with Crippen molar-refractivity contribution in [2.75, 3.05) is 6.54 Å². The molecule has 0 atom stereocenters. The minimum atomic E-state index is -0.0665. The van der Waals surface area contributed by atoms with E-state index in [9.17, 15) is 4.79 Å². The van der Waals surface area contributed by atoms with Gasteiger partial charge in [0, 0.05) is 24.6 Å². The maximum absolute atomic E-state index is 11.5. The largest absolute Gasteiger partial charge is 0.352 e. The van der Waals surface area contributed by atoms with E-state index in [1.54, 1.807) is 6.20 Å². The number of nitrogens with zero attached hydrogens (tertiary/aromatic N) is 2. The van der Waals surface area contributed by atoms with E-state index in [1.807, 2.05) is 0 Å². The second-order valence-corrected chi connectivity index (χ2v) is 4.81. The van der Waals surface area contributed by atoms with Crippen molar-refractivity contribution in [2.45, 2.75) is 32.6 Å². The van der Waals surface area contributed by atoms with Crippen LogP contribution in [0.3, 0.4) is 0 Å². The second kappa shape index (κ2) is 3.29. The molecule has 1 aliphatic heterocycles. The lowest BCUT2D eigenvalue weighted by atomic mass is 9.95. The van der Waals surface area contributed by atoms with E-state index in [2.05, 4.69) is 36.1 Å². The average molecular weight is 205 g/mol. The van der Waals surface area contributed by atoms with E-state index < -0.39 is 0 Å². The van der Waals surface area contributed by atoms with Crippen LogP contribution < -0.4 is 5.32 Å². The van der Waals surface area contributed by atoms with Gasteiger partial charge in [0.1, 0.15) is 5.82 Å². The number of rotatable bonds is 0. The van der Waals surface area contributed by atoms with E-state index in [1.165, 1.54) is 0 Å². The van der Waals surface area contributed by atoms with Crippen molar-refractivity contribution in [3.05, 3.63) is 23.3 Å². The summed E-state index contributed by atoms with van der Waals surface area (Å²) in [5.74, 6) is 0.743. The van der Waals surface area contributed by atoms with Crippen LogP contribution in [0.4, 0.5) is 0 Å². The van der Waals surface area contributed by atoms with Gasteiger partial charge in [0.05, 0.1) is 11.3 Å². The zero-order valence-electron chi connectivity index (χ0n) is 9.29. The molecule has 0 saturated heterocycles. The predicted octanol–water partition coefficient (Wildman–Crippen LogP) is 1.06. The van der Waals surface area contributed by atoms with Crippen molar-refractivity contribution in [2.24, 2.45) is 0 Å². The van der Waals surface area contributed by atoms with Crippen molar-refractivity contribution in [1.82, 2.24) is 15.3 Å². The molecule has 0 aromatic carbocycles. The Balaban J connectivity index is 2.46. The number of nitrogens with one attached hydrogen (secondary N) is 1. The molecular formula is C11H15N3O. The standard InChI is InChI=1S/C11H15N3O/c1-11(2,3)10-13-6-7-8(14-10)4-5-12-9(7)15/h6H,4-5H2,1-3H3,(H,12,15). The lowest BCUT2D eigenvalue weighted by molar-refractivity contribution is 0.0944. The highest BCUT2D eigenvalue weighted by atomic mass is 16.1. The lowest BCUT2D eigenvalue weighted by Gasteiger charge is -2.20. The molecule has 1 N–H and O–H groups in total. The maximum Gasteiger partial charge on any atom is 0.254 e. The summed E-state index contributed by atoms with van der Waals surface area (Å²) in [6.45, 7) is 6.87. The van der Waals surface area contributed by atoms with Crippen LogP contribution in [0.2, 0.25) is 0 Å². The minimum absolute atomic E-state index is 0.0586. The Kier molecular flexibility index (Phi) is 2.21. The third kappa shape index (κ3) is 1.84. The summed E-state index contributed by atoms with van der Waals surface area (Å²) >= 11 is 0. The van der Waals surface area contributed by atoms with Gasteiger partial charge >= 0.3 is 0 Å². The highest BCUT2D eigenvalue weighted by molar-refractivity contribution is 5.95. The van der Waals surface area contributed by atoms with Crippen molar-refractivity contribution in [1.29, 1.82) is 0 Å². The summed E-state index contributed by atoms with van der Waals surface area (Å²) in [6, 6.07) is 0. The Bertz CT molecular complexity index is 407. The van der Waals surface area contributed by atoms with E-state index in [-0.39, 0.29) is 11.3 Å². The first-order chi connectivity index (χ1) is 6.98. The van der Waals surface area contributed by atoms with Gasteiger partial charge in [-0.15, -0.1) is 0 Å². The van der Waals surface area contributed by atoms with Crippen LogP contribution in [0.15, 0.2) is 6.20 Å². The molecule has 0 fully saturated rings. The average Bonchev–Trinajstić information content (AvgIpc) is 2.16. The van der Waals surface area contributed by atoms with E-state index in [4.69, 9.17) is 0 Å². The number of amides is 1. The summed E-state index contributed by atoms with van der Waals surface area (Å²) < 4.78 is 0. The highest BCUT2D eigenvalue weighted by Gasteiger charge is 2.23. The Morgan fingerprint density at radius 3 is 2.80 bits per heavy atom.